The number of ether oxygens (including phenoxy) is 1. The van der Waals surface area contributed by atoms with Crippen LogP contribution in [0.3, 0.4) is 0 Å². The van der Waals surface area contributed by atoms with E-state index < -0.39 is 11.2 Å². The lowest BCUT2D eigenvalue weighted by Gasteiger charge is -1.95. The summed E-state index contributed by atoms with van der Waals surface area (Å²) in [5, 5.41) is 0. The Kier molecular flexibility index (Phi) is 3.10. The van der Waals surface area contributed by atoms with Crippen LogP contribution in [0.5, 0.6) is 0 Å². The Bertz CT molecular complexity index is 637. The van der Waals surface area contributed by atoms with Crippen LogP contribution in [-0.2, 0) is 18.2 Å². The zero-order valence-electron chi connectivity index (χ0n) is 9.74. The van der Waals surface area contributed by atoms with E-state index in [0.717, 1.165) is 6.42 Å². The van der Waals surface area contributed by atoms with Crippen LogP contribution < -0.4 is 11.2 Å². The van der Waals surface area contributed by atoms with Gasteiger partial charge in [0.05, 0.1) is 0 Å². The van der Waals surface area contributed by atoms with E-state index in [9.17, 15) is 9.59 Å². The lowest BCUT2D eigenvalue weighted by molar-refractivity contribution is 0.194. The van der Waals surface area contributed by atoms with Crippen molar-refractivity contribution in [2.75, 3.05) is 13.7 Å². The van der Waals surface area contributed by atoms with E-state index in [0.29, 0.717) is 30.0 Å². The summed E-state index contributed by atoms with van der Waals surface area (Å²) in [6.45, 7) is 0.631. The fourth-order valence-corrected chi connectivity index (χ4v) is 1.65. The molecule has 0 aliphatic carbocycles. The van der Waals surface area contributed by atoms with Crippen molar-refractivity contribution in [1.82, 2.24) is 19.5 Å². The van der Waals surface area contributed by atoms with Gasteiger partial charge in [0.1, 0.15) is 11.3 Å². The summed E-state index contributed by atoms with van der Waals surface area (Å²) in [4.78, 5) is 32.3. The van der Waals surface area contributed by atoms with E-state index in [1.807, 2.05) is 0 Å². The number of aromatic nitrogens is 4. The number of H-pyrrole nitrogens is 2. The molecule has 0 aliphatic rings. The summed E-state index contributed by atoms with van der Waals surface area (Å²) in [5.74, 6) is 0.684. The Morgan fingerprint density at radius 3 is 2.82 bits per heavy atom. The van der Waals surface area contributed by atoms with Gasteiger partial charge in [0.15, 0.2) is 5.65 Å². The number of imidazole rings is 1. The average Bonchev–Trinajstić information content (AvgIpc) is 2.71. The highest BCUT2D eigenvalue weighted by Gasteiger charge is 2.10. The lowest BCUT2D eigenvalue weighted by atomic mass is 10.3. The van der Waals surface area contributed by atoms with Crippen molar-refractivity contribution < 1.29 is 4.74 Å². The van der Waals surface area contributed by atoms with Gasteiger partial charge in [-0.25, -0.2) is 9.78 Å². The third-order valence-electron chi connectivity index (χ3n) is 2.57. The van der Waals surface area contributed by atoms with Crippen LogP contribution in [0.15, 0.2) is 9.59 Å². The van der Waals surface area contributed by atoms with Crippen LogP contribution in [0.2, 0.25) is 0 Å². The summed E-state index contributed by atoms with van der Waals surface area (Å²) in [6, 6.07) is 0. The van der Waals surface area contributed by atoms with Gasteiger partial charge in [0, 0.05) is 27.2 Å². The predicted octanol–water partition coefficient (Wildman–Crippen LogP) is -0.471. The molecule has 92 valence electrons. The molecule has 2 rings (SSSR count). The smallest absolute Gasteiger partial charge is 0.329 e. The number of aromatic amines is 2. The molecular weight excluding hydrogens is 224 g/mol. The van der Waals surface area contributed by atoms with Gasteiger partial charge in [0.2, 0.25) is 0 Å². The first-order valence-electron chi connectivity index (χ1n) is 5.30. The van der Waals surface area contributed by atoms with Crippen molar-refractivity contribution in [3.63, 3.8) is 0 Å². The summed E-state index contributed by atoms with van der Waals surface area (Å²) in [6.07, 6.45) is 1.48. The molecule has 0 unspecified atom stereocenters. The van der Waals surface area contributed by atoms with Gasteiger partial charge in [0.25, 0.3) is 5.56 Å². The Hall–Kier alpha value is -1.89. The molecule has 7 heteroatoms. The van der Waals surface area contributed by atoms with Gasteiger partial charge < -0.3 is 9.72 Å². The number of methoxy groups -OCH3 is 1. The van der Waals surface area contributed by atoms with Crippen molar-refractivity contribution in [2.45, 2.75) is 12.8 Å². The molecule has 0 saturated heterocycles. The number of hydrogen-bond acceptors (Lipinski definition) is 4. The predicted molar refractivity (Wildman–Crippen MR) is 62.2 cm³/mol. The van der Waals surface area contributed by atoms with Gasteiger partial charge in [-0.15, -0.1) is 0 Å². The second-order valence-electron chi connectivity index (χ2n) is 3.80. The molecule has 0 radical (unpaired) electrons. The highest BCUT2D eigenvalue weighted by atomic mass is 16.5. The maximum absolute atomic E-state index is 11.5. The van der Waals surface area contributed by atoms with Crippen molar-refractivity contribution >= 4 is 11.2 Å². The zero-order chi connectivity index (χ0) is 12.4. The molecule has 0 saturated carbocycles. The minimum absolute atomic E-state index is 0.333. The molecule has 0 atom stereocenters. The van der Waals surface area contributed by atoms with Gasteiger partial charge in [-0.1, -0.05) is 0 Å². The highest BCUT2D eigenvalue weighted by molar-refractivity contribution is 5.69. The molecule has 0 aromatic carbocycles. The molecule has 0 bridgehead atoms. The third-order valence-corrected chi connectivity index (χ3v) is 2.57. The molecular formula is C10H14N4O3. The van der Waals surface area contributed by atoms with Crippen LogP contribution in [0.25, 0.3) is 11.2 Å². The normalized spacial score (nSPS) is 11.2. The number of nitrogens with zero attached hydrogens (tertiary/aromatic N) is 2. The molecule has 2 aromatic heterocycles. The van der Waals surface area contributed by atoms with Crippen LogP contribution >= 0.6 is 0 Å². The summed E-state index contributed by atoms with van der Waals surface area (Å²) in [5.41, 5.74) is -0.184. The van der Waals surface area contributed by atoms with Gasteiger partial charge >= 0.3 is 5.69 Å². The molecule has 2 aromatic rings. The SMILES string of the molecule is COCCCc1nc2c([nH]1)c(=O)[nH]c(=O)n2C. The topological polar surface area (TPSA) is 92.8 Å². The van der Waals surface area contributed by atoms with Crippen LogP contribution in [0.4, 0.5) is 0 Å². The molecule has 0 spiro atoms. The van der Waals surface area contributed by atoms with E-state index in [1.54, 1.807) is 14.2 Å². The Morgan fingerprint density at radius 1 is 1.35 bits per heavy atom. The van der Waals surface area contributed by atoms with Gasteiger partial charge in [-0.2, -0.15) is 0 Å². The van der Waals surface area contributed by atoms with Gasteiger partial charge in [-0.3, -0.25) is 14.3 Å². The van der Waals surface area contributed by atoms with Crippen LogP contribution in [0.1, 0.15) is 12.2 Å². The second kappa shape index (κ2) is 4.54. The Balaban J connectivity index is 2.43. The molecule has 0 amide bonds. The monoisotopic (exact) mass is 238 g/mol. The zero-order valence-corrected chi connectivity index (χ0v) is 9.74. The van der Waals surface area contributed by atoms with E-state index in [2.05, 4.69) is 15.0 Å². The first kappa shape index (κ1) is 11.6. The minimum atomic E-state index is -0.461. The molecule has 7 nitrogen and oxygen atoms in total. The van der Waals surface area contributed by atoms with E-state index in [1.165, 1.54) is 4.57 Å². The number of fused-ring (bicyclic) bond motifs is 1. The lowest BCUT2D eigenvalue weighted by Crippen LogP contribution is -2.28. The number of nitrogens with one attached hydrogen (secondary N) is 2. The van der Waals surface area contributed by atoms with Crippen LogP contribution in [-0.4, -0.2) is 33.2 Å². The summed E-state index contributed by atoms with van der Waals surface area (Å²) >= 11 is 0. The van der Waals surface area contributed by atoms with Crippen molar-refractivity contribution in [3.8, 4) is 0 Å². The molecule has 17 heavy (non-hydrogen) atoms. The summed E-state index contributed by atoms with van der Waals surface area (Å²) < 4.78 is 6.25. The maximum atomic E-state index is 11.5. The Labute approximate surface area is 96.5 Å². The van der Waals surface area contributed by atoms with Crippen molar-refractivity contribution in [3.05, 3.63) is 26.7 Å². The first-order chi connectivity index (χ1) is 8.13. The molecule has 0 aliphatic heterocycles. The van der Waals surface area contributed by atoms with Crippen LogP contribution in [0, 0.1) is 0 Å². The van der Waals surface area contributed by atoms with Crippen molar-refractivity contribution in [1.29, 1.82) is 0 Å². The second-order valence-corrected chi connectivity index (χ2v) is 3.80. The standard InChI is InChI=1S/C10H14N4O3/c1-14-8-7(9(15)13-10(14)16)11-6(12-8)4-3-5-17-2/h3-5H2,1-2H3,(H,11,12)(H,13,15,16). The molecule has 2 N–H and O–H groups in total. The molecule has 0 fully saturated rings. The molecule has 2 heterocycles. The Morgan fingerprint density at radius 2 is 2.12 bits per heavy atom. The average molecular weight is 238 g/mol. The third kappa shape index (κ3) is 2.14. The fraction of sp³-hybridized carbons (Fsp3) is 0.500. The van der Waals surface area contributed by atoms with Crippen molar-refractivity contribution in [2.24, 2.45) is 7.05 Å². The van der Waals surface area contributed by atoms with Gasteiger partial charge in [-0.05, 0) is 6.42 Å². The van der Waals surface area contributed by atoms with E-state index >= 15 is 0 Å². The minimum Gasteiger partial charge on any atom is -0.385 e. The first-order valence-corrected chi connectivity index (χ1v) is 5.30. The summed E-state index contributed by atoms with van der Waals surface area (Å²) in [7, 11) is 3.20. The fourth-order valence-electron chi connectivity index (χ4n) is 1.65. The highest BCUT2D eigenvalue weighted by Crippen LogP contribution is 2.05. The largest absolute Gasteiger partial charge is 0.385 e. The number of aryl methyl sites for hydroxylation is 2. The van der Waals surface area contributed by atoms with E-state index in [-0.39, 0.29) is 0 Å². The number of rotatable bonds is 4. The number of hydrogen-bond donors (Lipinski definition) is 2. The maximum Gasteiger partial charge on any atom is 0.329 e. The van der Waals surface area contributed by atoms with E-state index in [4.69, 9.17) is 4.74 Å². The quantitative estimate of drug-likeness (QED) is 0.704.